The lowest BCUT2D eigenvalue weighted by Gasteiger charge is -2.23. The molecule has 0 atom stereocenters. The summed E-state index contributed by atoms with van der Waals surface area (Å²) in [6.45, 7) is 6.19. The molecule has 0 saturated heterocycles. The van der Waals surface area contributed by atoms with Crippen LogP contribution >= 0.6 is 11.6 Å². The number of para-hydroxylation sites is 1. The predicted molar refractivity (Wildman–Crippen MR) is 84.1 cm³/mol. The number of halogens is 1. The maximum absolute atomic E-state index is 6.25. The summed E-state index contributed by atoms with van der Waals surface area (Å²) in [5, 5.41) is 0.537. The van der Waals surface area contributed by atoms with Gasteiger partial charge in [0.2, 0.25) is 0 Å². The van der Waals surface area contributed by atoms with E-state index >= 15 is 0 Å². The Kier molecular flexibility index (Phi) is 3.97. The summed E-state index contributed by atoms with van der Waals surface area (Å²) < 4.78 is 5.81. The van der Waals surface area contributed by atoms with Crippen LogP contribution in [0.3, 0.4) is 0 Å². The number of aromatic nitrogens is 2. The third kappa shape index (κ3) is 2.81. The molecule has 1 aromatic carbocycles. The van der Waals surface area contributed by atoms with E-state index in [0.717, 1.165) is 42.5 Å². The number of nitrogens with zero attached hydrogens (tertiary/aromatic N) is 3. The molecule has 1 aromatic heterocycles. The first-order valence-electron chi connectivity index (χ1n) is 7.17. The van der Waals surface area contributed by atoms with Crippen molar-refractivity contribution in [3.63, 3.8) is 0 Å². The number of hydrogen-bond donors (Lipinski definition) is 0. The maximum atomic E-state index is 6.25. The normalized spacial score (nSPS) is 14.3. The highest BCUT2D eigenvalue weighted by molar-refractivity contribution is 6.30. The highest BCUT2D eigenvalue weighted by atomic mass is 35.5. The number of hydrogen-bond acceptors (Lipinski definition) is 4. The number of ether oxygens (including phenoxy) is 1. The molecule has 2 heterocycles. The average molecular weight is 304 g/mol. The van der Waals surface area contributed by atoms with Gasteiger partial charge >= 0.3 is 0 Å². The summed E-state index contributed by atoms with van der Waals surface area (Å²) in [6.07, 6.45) is 0.772. The Balaban J connectivity index is 1.99. The summed E-state index contributed by atoms with van der Waals surface area (Å²) in [5.41, 5.74) is 2.09. The lowest BCUT2D eigenvalue weighted by molar-refractivity contribution is 0.331. The zero-order valence-corrected chi connectivity index (χ0v) is 13.0. The van der Waals surface area contributed by atoms with Crippen molar-refractivity contribution in [3.8, 4) is 5.75 Å². The van der Waals surface area contributed by atoms with Crippen molar-refractivity contribution in [1.82, 2.24) is 9.97 Å². The first-order chi connectivity index (χ1) is 10.2. The smallest absolute Gasteiger partial charge is 0.137 e. The molecule has 0 aliphatic carbocycles. The summed E-state index contributed by atoms with van der Waals surface area (Å²) in [4.78, 5) is 11.2. The minimum absolute atomic E-state index is 0.537. The summed E-state index contributed by atoms with van der Waals surface area (Å²) in [6, 6.07) is 8.13. The molecule has 3 rings (SSSR count). The second kappa shape index (κ2) is 5.90. The molecule has 0 N–H and O–H groups in total. The summed E-state index contributed by atoms with van der Waals surface area (Å²) in [5.74, 6) is 2.64. The van der Waals surface area contributed by atoms with Crippen molar-refractivity contribution >= 4 is 17.4 Å². The van der Waals surface area contributed by atoms with E-state index in [0.29, 0.717) is 11.8 Å². The number of anilines is 1. The van der Waals surface area contributed by atoms with Gasteiger partial charge < -0.3 is 9.64 Å². The molecule has 0 radical (unpaired) electrons. The molecule has 0 bridgehead atoms. The van der Waals surface area contributed by atoms with E-state index < -0.39 is 0 Å². The number of benzene rings is 1. The highest BCUT2D eigenvalue weighted by Crippen LogP contribution is 2.29. The van der Waals surface area contributed by atoms with E-state index in [4.69, 9.17) is 16.3 Å². The van der Waals surface area contributed by atoms with E-state index in [9.17, 15) is 0 Å². The largest absolute Gasteiger partial charge is 0.491 e. The van der Waals surface area contributed by atoms with Crippen LogP contribution in [0.25, 0.3) is 0 Å². The van der Waals surface area contributed by atoms with Crippen molar-refractivity contribution in [1.29, 1.82) is 0 Å². The standard InChI is InChI=1S/C16H18ClN3O/c1-3-14-18-15(17)11(2)16(19-14)20-8-9-21-13-7-5-4-6-12(13)10-20/h4-7H,3,8-10H2,1-2H3. The molecule has 0 unspecified atom stereocenters. The molecule has 5 heteroatoms. The minimum Gasteiger partial charge on any atom is -0.491 e. The van der Waals surface area contributed by atoms with E-state index in [-0.39, 0.29) is 0 Å². The van der Waals surface area contributed by atoms with Crippen molar-refractivity contribution in [2.45, 2.75) is 26.8 Å². The van der Waals surface area contributed by atoms with Crippen molar-refractivity contribution in [3.05, 3.63) is 46.4 Å². The van der Waals surface area contributed by atoms with Crippen LogP contribution < -0.4 is 9.64 Å². The van der Waals surface area contributed by atoms with Crippen molar-refractivity contribution in [2.24, 2.45) is 0 Å². The van der Waals surface area contributed by atoms with Crippen LogP contribution in [0.15, 0.2) is 24.3 Å². The molecule has 2 aromatic rings. The molecule has 110 valence electrons. The molecular formula is C16H18ClN3O. The zero-order valence-electron chi connectivity index (χ0n) is 12.3. The van der Waals surface area contributed by atoms with Gasteiger partial charge in [0.05, 0.1) is 6.54 Å². The lowest BCUT2D eigenvalue weighted by atomic mass is 10.2. The Morgan fingerprint density at radius 1 is 1.29 bits per heavy atom. The van der Waals surface area contributed by atoms with Gasteiger partial charge in [0.1, 0.15) is 29.2 Å². The molecule has 0 saturated carbocycles. The van der Waals surface area contributed by atoms with Crippen LogP contribution in [0, 0.1) is 6.92 Å². The highest BCUT2D eigenvalue weighted by Gasteiger charge is 2.20. The van der Waals surface area contributed by atoms with Gasteiger partial charge in [0, 0.05) is 24.1 Å². The van der Waals surface area contributed by atoms with Crippen LogP contribution in [-0.2, 0) is 13.0 Å². The van der Waals surface area contributed by atoms with Gasteiger partial charge in [-0.05, 0) is 13.0 Å². The quantitative estimate of drug-likeness (QED) is 0.797. The SMILES string of the molecule is CCc1nc(Cl)c(C)c(N2CCOc3ccccc3C2)n1. The Morgan fingerprint density at radius 2 is 2.10 bits per heavy atom. The fourth-order valence-corrected chi connectivity index (χ4v) is 2.68. The van der Waals surface area contributed by atoms with Gasteiger partial charge in [-0.15, -0.1) is 0 Å². The maximum Gasteiger partial charge on any atom is 0.137 e. The Labute approximate surface area is 129 Å². The fourth-order valence-electron chi connectivity index (χ4n) is 2.49. The molecule has 21 heavy (non-hydrogen) atoms. The second-order valence-corrected chi connectivity index (χ2v) is 5.47. The molecule has 1 aliphatic rings. The first kappa shape index (κ1) is 14.1. The van der Waals surface area contributed by atoms with Gasteiger partial charge in [-0.1, -0.05) is 36.7 Å². The van der Waals surface area contributed by atoms with Crippen LogP contribution in [0.2, 0.25) is 5.15 Å². The van der Waals surface area contributed by atoms with Crippen molar-refractivity contribution < 1.29 is 4.74 Å². The predicted octanol–water partition coefficient (Wildman–Crippen LogP) is 3.40. The van der Waals surface area contributed by atoms with Crippen molar-refractivity contribution in [2.75, 3.05) is 18.1 Å². The van der Waals surface area contributed by atoms with E-state index in [1.54, 1.807) is 0 Å². The van der Waals surface area contributed by atoms with Crippen LogP contribution in [0.5, 0.6) is 5.75 Å². The van der Waals surface area contributed by atoms with Gasteiger partial charge in [-0.25, -0.2) is 9.97 Å². The van der Waals surface area contributed by atoms with E-state index in [1.807, 2.05) is 32.0 Å². The molecular weight excluding hydrogens is 286 g/mol. The van der Waals surface area contributed by atoms with E-state index in [2.05, 4.69) is 20.9 Å². The number of aryl methyl sites for hydroxylation is 1. The monoisotopic (exact) mass is 303 g/mol. The molecule has 0 fully saturated rings. The fraction of sp³-hybridized carbons (Fsp3) is 0.375. The van der Waals surface area contributed by atoms with E-state index in [1.165, 1.54) is 5.56 Å². The molecule has 0 amide bonds. The summed E-state index contributed by atoms with van der Waals surface area (Å²) in [7, 11) is 0. The molecule has 4 nitrogen and oxygen atoms in total. The summed E-state index contributed by atoms with van der Waals surface area (Å²) >= 11 is 6.25. The van der Waals surface area contributed by atoms with Crippen LogP contribution in [0.1, 0.15) is 23.9 Å². The lowest BCUT2D eigenvalue weighted by Crippen LogP contribution is -2.27. The van der Waals surface area contributed by atoms with Crippen LogP contribution in [0.4, 0.5) is 5.82 Å². The number of fused-ring (bicyclic) bond motifs is 1. The third-order valence-corrected chi connectivity index (χ3v) is 4.04. The minimum atomic E-state index is 0.537. The Bertz CT molecular complexity index is 660. The average Bonchev–Trinajstić information content (AvgIpc) is 2.72. The topological polar surface area (TPSA) is 38.2 Å². The first-order valence-corrected chi connectivity index (χ1v) is 7.55. The van der Waals surface area contributed by atoms with Gasteiger partial charge in [-0.3, -0.25) is 0 Å². The molecule has 0 spiro atoms. The van der Waals surface area contributed by atoms with Gasteiger partial charge in [0.25, 0.3) is 0 Å². The Morgan fingerprint density at radius 3 is 2.90 bits per heavy atom. The van der Waals surface area contributed by atoms with Gasteiger partial charge in [0.15, 0.2) is 0 Å². The van der Waals surface area contributed by atoms with Gasteiger partial charge in [-0.2, -0.15) is 0 Å². The second-order valence-electron chi connectivity index (χ2n) is 5.11. The van der Waals surface area contributed by atoms with Crippen LogP contribution in [-0.4, -0.2) is 23.1 Å². The molecule has 1 aliphatic heterocycles. The number of rotatable bonds is 2. The Hall–Kier alpha value is -1.81. The zero-order chi connectivity index (χ0) is 14.8. The third-order valence-electron chi connectivity index (χ3n) is 3.68.